The fourth-order valence-electron chi connectivity index (χ4n) is 3.20. The summed E-state index contributed by atoms with van der Waals surface area (Å²) >= 11 is 0. The molecule has 122 valence electrons. The van der Waals surface area contributed by atoms with Crippen molar-refractivity contribution < 1.29 is 9.59 Å². The predicted octanol–water partition coefficient (Wildman–Crippen LogP) is 1.32. The summed E-state index contributed by atoms with van der Waals surface area (Å²) in [5.41, 5.74) is 0. The normalized spacial score (nSPS) is 22.4. The number of hydrogen-bond acceptors (Lipinski definition) is 3. The highest BCUT2D eigenvalue weighted by Crippen LogP contribution is 2.25. The summed E-state index contributed by atoms with van der Waals surface area (Å²) in [7, 11) is 1.83. The molecule has 1 unspecified atom stereocenters. The largest absolute Gasteiger partial charge is 0.347 e. The Kier molecular flexibility index (Phi) is 8.04. The van der Waals surface area contributed by atoms with Gasteiger partial charge in [0.25, 0.3) is 0 Å². The zero-order valence-electron chi connectivity index (χ0n) is 12.9. The van der Waals surface area contributed by atoms with E-state index in [4.69, 9.17) is 0 Å². The molecule has 0 bridgehead atoms. The molecule has 6 heteroatoms. The second-order valence-electron chi connectivity index (χ2n) is 6.14. The highest BCUT2D eigenvalue weighted by atomic mass is 35.5. The lowest BCUT2D eigenvalue weighted by molar-refractivity contribution is -0.133. The van der Waals surface area contributed by atoms with Crippen LogP contribution in [0.3, 0.4) is 0 Å². The summed E-state index contributed by atoms with van der Waals surface area (Å²) in [6.07, 6.45) is 7.70. The van der Waals surface area contributed by atoms with E-state index in [-0.39, 0.29) is 36.8 Å². The average Bonchev–Trinajstić information content (AvgIpc) is 2.99. The van der Waals surface area contributed by atoms with Crippen LogP contribution in [-0.4, -0.2) is 49.4 Å². The monoisotopic (exact) mass is 317 g/mol. The van der Waals surface area contributed by atoms with Gasteiger partial charge in [0.1, 0.15) is 0 Å². The fourth-order valence-corrected chi connectivity index (χ4v) is 3.20. The molecule has 2 fully saturated rings. The van der Waals surface area contributed by atoms with Crippen molar-refractivity contribution in [3.8, 4) is 0 Å². The van der Waals surface area contributed by atoms with Gasteiger partial charge in [-0.25, -0.2) is 0 Å². The molecule has 0 aromatic rings. The third kappa shape index (κ3) is 5.83. The van der Waals surface area contributed by atoms with Crippen molar-refractivity contribution in [2.75, 3.05) is 26.7 Å². The highest BCUT2D eigenvalue weighted by molar-refractivity contribution is 5.85. The first kappa shape index (κ1) is 18.2. The second-order valence-corrected chi connectivity index (χ2v) is 6.14. The maximum atomic E-state index is 12.0. The molecule has 21 heavy (non-hydrogen) atoms. The van der Waals surface area contributed by atoms with Gasteiger partial charge in [0, 0.05) is 26.1 Å². The minimum atomic E-state index is 0. The molecular weight excluding hydrogens is 290 g/mol. The van der Waals surface area contributed by atoms with Gasteiger partial charge < -0.3 is 15.5 Å². The average molecular weight is 318 g/mol. The Morgan fingerprint density at radius 2 is 1.90 bits per heavy atom. The smallest absolute Gasteiger partial charge is 0.242 e. The Bertz CT molecular complexity index is 340. The van der Waals surface area contributed by atoms with Gasteiger partial charge in [-0.2, -0.15) is 0 Å². The molecule has 1 atom stereocenters. The predicted molar refractivity (Wildman–Crippen MR) is 85.5 cm³/mol. The Hall–Kier alpha value is -0.810. The quantitative estimate of drug-likeness (QED) is 0.804. The number of hydrogen-bond donors (Lipinski definition) is 2. The van der Waals surface area contributed by atoms with Crippen molar-refractivity contribution in [3.05, 3.63) is 0 Å². The summed E-state index contributed by atoms with van der Waals surface area (Å²) in [5, 5.41) is 6.03. The molecule has 1 heterocycles. The van der Waals surface area contributed by atoms with E-state index in [2.05, 4.69) is 10.6 Å². The van der Waals surface area contributed by atoms with Crippen molar-refractivity contribution in [3.63, 3.8) is 0 Å². The molecule has 5 nitrogen and oxygen atoms in total. The van der Waals surface area contributed by atoms with E-state index in [1.807, 2.05) is 7.05 Å². The van der Waals surface area contributed by atoms with E-state index >= 15 is 0 Å². The van der Waals surface area contributed by atoms with Crippen LogP contribution in [0, 0.1) is 5.92 Å². The van der Waals surface area contributed by atoms with Crippen LogP contribution in [0.2, 0.25) is 0 Å². The Morgan fingerprint density at radius 3 is 2.52 bits per heavy atom. The van der Waals surface area contributed by atoms with Crippen LogP contribution in [0.1, 0.15) is 44.9 Å². The molecular formula is C15H28ClN3O2. The topological polar surface area (TPSA) is 61.4 Å². The van der Waals surface area contributed by atoms with Crippen molar-refractivity contribution in [1.82, 2.24) is 15.5 Å². The first-order chi connectivity index (χ1) is 9.66. The Balaban J connectivity index is 0.00000220. The number of amides is 2. The number of carbonyl (C=O) groups excluding carboxylic acids is 2. The minimum absolute atomic E-state index is 0. The van der Waals surface area contributed by atoms with Gasteiger partial charge in [0.05, 0.1) is 6.54 Å². The second kappa shape index (κ2) is 9.26. The molecule has 2 rings (SSSR count). The lowest BCUT2D eigenvalue weighted by atomic mass is 9.87. The third-order valence-electron chi connectivity index (χ3n) is 4.61. The van der Waals surface area contributed by atoms with Crippen molar-refractivity contribution in [2.45, 2.75) is 51.0 Å². The first-order valence-electron chi connectivity index (χ1n) is 7.90. The SMILES string of the molecule is CN(C(=O)CNC(=O)CC1CCCCC1)C1CCNC1.Cl. The zero-order valence-corrected chi connectivity index (χ0v) is 13.7. The van der Waals surface area contributed by atoms with Crippen LogP contribution in [0.25, 0.3) is 0 Å². The van der Waals surface area contributed by atoms with Gasteiger partial charge in [-0.1, -0.05) is 19.3 Å². The maximum Gasteiger partial charge on any atom is 0.242 e. The van der Waals surface area contributed by atoms with Crippen LogP contribution in [-0.2, 0) is 9.59 Å². The molecule has 0 radical (unpaired) electrons. The summed E-state index contributed by atoms with van der Waals surface area (Å²) in [6.45, 7) is 1.97. The van der Waals surface area contributed by atoms with Crippen LogP contribution in [0.4, 0.5) is 0 Å². The number of likely N-dealkylation sites (N-methyl/N-ethyl adjacent to an activating group) is 1. The maximum absolute atomic E-state index is 12.0. The standard InChI is InChI=1S/C15H27N3O2.ClH/c1-18(13-7-8-16-10-13)15(20)11-17-14(19)9-12-5-3-2-4-6-12;/h12-13,16H,2-11H2,1H3,(H,17,19);1H. The lowest BCUT2D eigenvalue weighted by Crippen LogP contribution is -2.44. The summed E-state index contributed by atoms with van der Waals surface area (Å²) < 4.78 is 0. The van der Waals surface area contributed by atoms with Crippen LogP contribution < -0.4 is 10.6 Å². The summed E-state index contributed by atoms with van der Waals surface area (Å²) in [4.78, 5) is 25.6. The van der Waals surface area contributed by atoms with Crippen LogP contribution in [0.15, 0.2) is 0 Å². The van der Waals surface area contributed by atoms with Gasteiger partial charge in [-0.3, -0.25) is 9.59 Å². The van der Waals surface area contributed by atoms with Gasteiger partial charge in [-0.15, -0.1) is 12.4 Å². The molecule has 1 saturated heterocycles. The summed E-state index contributed by atoms with van der Waals surface area (Å²) in [5.74, 6) is 0.564. The fraction of sp³-hybridized carbons (Fsp3) is 0.867. The van der Waals surface area contributed by atoms with E-state index < -0.39 is 0 Å². The Labute approximate surface area is 133 Å². The van der Waals surface area contributed by atoms with E-state index in [9.17, 15) is 9.59 Å². The molecule has 0 aromatic carbocycles. The highest BCUT2D eigenvalue weighted by Gasteiger charge is 2.23. The minimum Gasteiger partial charge on any atom is -0.347 e. The number of nitrogens with one attached hydrogen (secondary N) is 2. The third-order valence-corrected chi connectivity index (χ3v) is 4.61. The zero-order chi connectivity index (χ0) is 14.4. The molecule has 0 aromatic heterocycles. The van der Waals surface area contributed by atoms with Crippen LogP contribution >= 0.6 is 12.4 Å². The number of nitrogens with zero attached hydrogens (tertiary/aromatic N) is 1. The van der Waals surface area contributed by atoms with Crippen molar-refractivity contribution in [1.29, 1.82) is 0 Å². The summed E-state index contributed by atoms with van der Waals surface area (Å²) in [6, 6.07) is 0.276. The van der Waals surface area contributed by atoms with Gasteiger partial charge in [0.15, 0.2) is 0 Å². The van der Waals surface area contributed by atoms with E-state index in [0.717, 1.165) is 32.4 Å². The van der Waals surface area contributed by atoms with E-state index in [1.54, 1.807) is 4.90 Å². The number of rotatable bonds is 5. The number of halogens is 1. The van der Waals surface area contributed by atoms with E-state index in [0.29, 0.717) is 12.3 Å². The van der Waals surface area contributed by atoms with Crippen molar-refractivity contribution in [2.24, 2.45) is 5.92 Å². The van der Waals surface area contributed by atoms with Gasteiger partial charge >= 0.3 is 0 Å². The van der Waals surface area contributed by atoms with Crippen molar-refractivity contribution >= 4 is 24.2 Å². The molecule has 1 aliphatic heterocycles. The lowest BCUT2D eigenvalue weighted by Gasteiger charge is -2.24. The molecule has 0 spiro atoms. The first-order valence-corrected chi connectivity index (χ1v) is 7.90. The van der Waals surface area contributed by atoms with E-state index in [1.165, 1.54) is 19.3 Å². The Morgan fingerprint density at radius 1 is 1.19 bits per heavy atom. The number of carbonyl (C=O) groups is 2. The molecule has 2 amide bonds. The molecule has 1 saturated carbocycles. The van der Waals surface area contributed by atoms with Gasteiger partial charge in [-0.05, 0) is 31.7 Å². The van der Waals surface area contributed by atoms with Crippen LogP contribution in [0.5, 0.6) is 0 Å². The molecule has 1 aliphatic carbocycles. The van der Waals surface area contributed by atoms with Gasteiger partial charge in [0.2, 0.25) is 11.8 Å². The molecule has 2 N–H and O–H groups in total. The molecule has 2 aliphatic rings.